The summed E-state index contributed by atoms with van der Waals surface area (Å²) in [6, 6.07) is 10.0. The van der Waals surface area contributed by atoms with Gasteiger partial charge in [-0.3, -0.25) is 4.79 Å². The SMILES string of the molecule is CCC(=O)N1CCCC1COc1ccccc1. The van der Waals surface area contributed by atoms with Crippen LogP contribution in [0.15, 0.2) is 30.3 Å². The van der Waals surface area contributed by atoms with E-state index in [2.05, 4.69) is 0 Å². The standard InChI is InChI=1S/C14H19NO2/c1-2-14(16)15-10-6-7-12(15)11-17-13-8-4-3-5-9-13/h3-5,8-9,12H,2,6-7,10-11H2,1H3. The molecule has 1 heterocycles. The third-order valence-corrected chi connectivity index (χ3v) is 3.19. The van der Waals surface area contributed by atoms with Crippen molar-refractivity contribution in [3.63, 3.8) is 0 Å². The Balaban J connectivity index is 1.88. The molecule has 1 saturated heterocycles. The van der Waals surface area contributed by atoms with E-state index >= 15 is 0 Å². The molecule has 2 rings (SSSR count). The Hall–Kier alpha value is -1.51. The maximum atomic E-state index is 11.7. The van der Waals surface area contributed by atoms with Crippen molar-refractivity contribution in [2.24, 2.45) is 0 Å². The third kappa shape index (κ3) is 2.99. The predicted octanol–water partition coefficient (Wildman–Crippen LogP) is 2.47. The van der Waals surface area contributed by atoms with Crippen molar-refractivity contribution in [1.82, 2.24) is 4.90 Å². The van der Waals surface area contributed by atoms with Crippen LogP contribution in [0.1, 0.15) is 26.2 Å². The van der Waals surface area contributed by atoms with Crippen LogP contribution in [0.5, 0.6) is 5.75 Å². The van der Waals surface area contributed by atoms with E-state index in [1.807, 2.05) is 42.2 Å². The lowest BCUT2D eigenvalue weighted by atomic mass is 10.2. The van der Waals surface area contributed by atoms with E-state index in [1.54, 1.807) is 0 Å². The van der Waals surface area contributed by atoms with Gasteiger partial charge in [0.15, 0.2) is 0 Å². The normalized spacial score (nSPS) is 19.4. The topological polar surface area (TPSA) is 29.5 Å². The van der Waals surface area contributed by atoms with Crippen molar-refractivity contribution in [2.75, 3.05) is 13.2 Å². The molecule has 3 heteroatoms. The summed E-state index contributed by atoms with van der Waals surface area (Å²) in [6.07, 6.45) is 2.73. The highest BCUT2D eigenvalue weighted by Crippen LogP contribution is 2.19. The number of nitrogens with zero attached hydrogens (tertiary/aromatic N) is 1. The Morgan fingerprint density at radius 1 is 1.41 bits per heavy atom. The number of likely N-dealkylation sites (tertiary alicyclic amines) is 1. The van der Waals surface area contributed by atoms with Gasteiger partial charge < -0.3 is 9.64 Å². The number of carbonyl (C=O) groups excluding carboxylic acids is 1. The van der Waals surface area contributed by atoms with Gasteiger partial charge in [-0.05, 0) is 25.0 Å². The molecule has 1 aromatic carbocycles. The first-order chi connectivity index (χ1) is 8.31. The zero-order valence-corrected chi connectivity index (χ0v) is 10.3. The molecule has 0 aromatic heterocycles. The average Bonchev–Trinajstić information content (AvgIpc) is 2.85. The second-order valence-electron chi connectivity index (χ2n) is 4.36. The Labute approximate surface area is 102 Å². The zero-order chi connectivity index (χ0) is 12.1. The molecule has 0 N–H and O–H groups in total. The van der Waals surface area contributed by atoms with Gasteiger partial charge in [-0.25, -0.2) is 0 Å². The molecule has 92 valence electrons. The number of amides is 1. The Kier molecular flexibility index (Phi) is 4.02. The monoisotopic (exact) mass is 233 g/mol. The van der Waals surface area contributed by atoms with E-state index < -0.39 is 0 Å². The molecule has 1 aliphatic heterocycles. The fourth-order valence-electron chi connectivity index (χ4n) is 2.25. The quantitative estimate of drug-likeness (QED) is 0.799. The van der Waals surface area contributed by atoms with E-state index in [0.29, 0.717) is 13.0 Å². The molecule has 3 nitrogen and oxygen atoms in total. The average molecular weight is 233 g/mol. The van der Waals surface area contributed by atoms with Gasteiger partial charge in [0.1, 0.15) is 12.4 Å². The van der Waals surface area contributed by atoms with Gasteiger partial charge in [0, 0.05) is 13.0 Å². The second kappa shape index (κ2) is 5.71. The first-order valence-corrected chi connectivity index (χ1v) is 6.28. The summed E-state index contributed by atoms with van der Waals surface area (Å²) in [5.41, 5.74) is 0. The molecule has 1 atom stereocenters. The molecule has 0 spiro atoms. The van der Waals surface area contributed by atoms with E-state index in [-0.39, 0.29) is 11.9 Å². The van der Waals surface area contributed by atoms with Crippen molar-refractivity contribution >= 4 is 5.91 Å². The van der Waals surface area contributed by atoms with Gasteiger partial charge >= 0.3 is 0 Å². The van der Waals surface area contributed by atoms with Crippen LogP contribution in [-0.2, 0) is 4.79 Å². The highest BCUT2D eigenvalue weighted by atomic mass is 16.5. The summed E-state index contributed by atoms with van der Waals surface area (Å²) in [4.78, 5) is 13.7. The minimum absolute atomic E-state index is 0.240. The molecular formula is C14H19NO2. The first kappa shape index (κ1) is 12.0. The fourth-order valence-corrected chi connectivity index (χ4v) is 2.25. The minimum atomic E-state index is 0.240. The minimum Gasteiger partial charge on any atom is -0.491 e. The molecule has 1 amide bonds. The van der Waals surface area contributed by atoms with Crippen molar-refractivity contribution in [3.8, 4) is 5.75 Å². The maximum absolute atomic E-state index is 11.7. The summed E-state index contributed by atoms with van der Waals surface area (Å²) < 4.78 is 5.72. The summed E-state index contributed by atoms with van der Waals surface area (Å²) in [5, 5.41) is 0. The summed E-state index contributed by atoms with van der Waals surface area (Å²) in [6.45, 7) is 3.40. The van der Waals surface area contributed by atoms with E-state index in [9.17, 15) is 4.79 Å². The summed E-state index contributed by atoms with van der Waals surface area (Å²) in [7, 11) is 0. The molecule has 0 saturated carbocycles. The Bertz CT molecular complexity index is 364. The van der Waals surface area contributed by atoms with Crippen LogP contribution < -0.4 is 4.74 Å². The number of ether oxygens (including phenoxy) is 1. The second-order valence-corrected chi connectivity index (χ2v) is 4.36. The third-order valence-electron chi connectivity index (χ3n) is 3.19. The van der Waals surface area contributed by atoms with E-state index in [4.69, 9.17) is 4.74 Å². The van der Waals surface area contributed by atoms with Crippen LogP contribution in [0.3, 0.4) is 0 Å². The predicted molar refractivity (Wildman–Crippen MR) is 67.0 cm³/mol. The van der Waals surface area contributed by atoms with Crippen LogP contribution in [-0.4, -0.2) is 30.0 Å². The van der Waals surface area contributed by atoms with Gasteiger partial charge in [0.2, 0.25) is 5.91 Å². The smallest absolute Gasteiger partial charge is 0.222 e. The Morgan fingerprint density at radius 2 is 2.18 bits per heavy atom. The van der Waals surface area contributed by atoms with Gasteiger partial charge in [0.05, 0.1) is 6.04 Å². The van der Waals surface area contributed by atoms with Gasteiger partial charge in [-0.2, -0.15) is 0 Å². The van der Waals surface area contributed by atoms with E-state index in [0.717, 1.165) is 25.1 Å². The number of hydrogen-bond donors (Lipinski definition) is 0. The molecule has 0 aliphatic carbocycles. The summed E-state index contributed by atoms with van der Waals surface area (Å²) in [5.74, 6) is 1.12. The lowest BCUT2D eigenvalue weighted by Gasteiger charge is -2.24. The van der Waals surface area contributed by atoms with Gasteiger partial charge in [-0.1, -0.05) is 25.1 Å². The lowest BCUT2D eigenvalue weighted by Crippen LogP contribution is -2.38. The molecule has 0 bridgehead atoms. The highest BCUT2D eigenvalue weighted by Gasteiger charge is 2.27. The molecule has 1 unspecified atom stereocenters. The fraction of sp³-hybridized carbons (Fsp3) is 0.500. The molecule has 0 radical (unpaired) electrons. The van der Waals surface area contributed by atoms with Crippen LogP contribution in [0.4, 0.5) is 0 Å². The first-order valence-electron chi connectivity index (χ1n) is 6.28. The van der Waals surface area contributed by atoms with Gasteiger partial charge in [-0.15, -0.1) is 0 Å². The molecule has 17 heavy (non-hydrogen) atoms. The largest absolute Gasteiger partial charge is 0.491 e. The van der Waals surface area contributed by atoms with Crippen LogP contribution in [0, 0.1) is 0 Å². The van der Waals surface area contributed by atoms with Crippen LogP contribution in [0.25, 0.3) is 0 Å². The highest BCUT2D eigenvalue weighted by molar-refractivity contribution is 5.76. The number of benzene rings is 1. The van der Waals surface area contributed by atoms with Crippen molar-refractivity contribution < 1.29 is 9.53 Å². The Morgan fingerprint density at radius 3 is 2.88 bits per heavy atom. The number of rotatable bonds is 4. The molecular weight excluding hydrogens is 214 g/mol. The van der Waals surface area contributed by atoms with Crippen LogP contribution >= 0.6 is 0 Å². The van der Waals surface area contributed by atoms with E-state index in [1.165, 1.54) is 0 Å². The van der Waals surface area contributed by atoms with Gasteiger partial charge in [0.25, 0.3) is 0 Å². The molecule has 1 aromatic rings. The van der Waals surface area contributed by atoms with Crippen molar-refractivity contribution in [1.29, 1.82) is 0 Å². The maximum Gasteiger partial charge on any atom is 0.222 e. The zero-order valence-electron chi connectivity index (χ0n) is 10.3. The number of para-hydroxylation sites is 1. The molecule has 1 fully saturated rings. The lowest BCUT2D eigenvalue weighted by molar-refractivity contribution is -0.132. The summed E-state index contributed by atoms with van der Waals surface area (Å²) >= 11 is 0. The molecule has 1 aliphatic rings. The van der Waals surface area contributed by atoms with Crippen molar-refractivity contribution in [2.45, 2.75) is 32.2 Å². The number of hydrogen-bond acceptors (Lipinski definition) is 2. The van der Waals surface area contributed by atoms with Crippen LogP contribution in [0.2, 0.25) is 0 Å². The van der Waals surface area contributed by atoms with Crippen molar-refractivity contribution in [3.05, 3.63) is 30.3 Å². The number of carbonyl (C=O) groups is 1.